The number of allylic oxidation sites excluding steroid dienone is 12. The highest BCUT2D eigenvalue weighted by Gasteiger charge is 2.55. The van der Waals surface area contributed by atoms with E-state index in [-0.39, 0.29) is 0 Å². The maximum Gasteiger partial charge on any atom is 0.464 e. The van der Waals surface area contributed by atoms with E-state index in [4.69, 9.17) is 21.2 Å². The van der Waals surface area contributed by atoms with Gasteiger partial charge in [-0.25, -0.2) is 9.13 Å². The van der Waals surface area contributed by atoms with Gasteiger partial charge in [-0.3, -0.25) is 0 Å². The SMILES string of the molecule is C=CC[Si](CC=C)(CC=C)OP(=O)(O[Si](CC=C)(CC=C)CC=C)OP(=O)(O[Si](CC=C)(CC=C)CC=C)O[Si](CC=C)(CC=C)CC=C. The second kappa shape index (κ2) is 23.5. The number of hydrogen-bond acceptors (Lipinski definition) is 7. The third kappa shape index (κ3) is 15.4. The van der Waals surface area contributed by atoms with Gasteiger partial charge in [0.1, 0.15) is 0 Å². The molecule has 0 heterocycles. The van der Waals surface area contributed by atoms with Crippen LogP contribution in [0.3, 0.4) is 0 Å². The van der Waals surface area contributed by atoms with Gasteiger partial charge in [0.15, 0.2) is 0 Å². The lowest BCUT2D eigenvalue weighted by Crippen LogP contribution is -2.42. The van der Waals surface area contributed by atoms with Gasteiger partial charge in [-0.15, -0.1) is 78.9 Å². The van der Waals surface area contributed by atoms with Gasteiger partial charge in [0.25, 0.3) is 0 Å². The van der Waals surface area contributed by atoms with Gasteiger partial charge in [-0.2, -0.15) is 4.31 Å². The Morgan fingerprint density at radius 1 is 0.306 bits per heavy atom. The average Bonchev–Trinajstić information content (AvgIpc) is 2.98. The Kier molecular flexibility index (Phi) is 22.5. The Bertz CT molecular complexity index is 1010. The fraction of sp³-hybridized carbons (Fsp3) is 0.333. The molecule has 7 nitrogen and oxygen atoms in total. The van der Waals surface area contributed by atoms with Crippen LogP contribution in [0.1, 0.15) is 0 Å². The molecule has 0 fully saturated rings. The molecule has 0 spiro atoms. The summed E-state index contributed by atoms with van der Waals surface area (Å²) in [6.07, 6.45) is 20.4. The fourth-order valence-corrected chi connectivity index (χ4v) is 28.9. The van der Waals surface area contributed by atoms with Crippen molar-refractivity contribution in [3.63, 3.8) is 0 Å². The molecule has 0 atom stereocenters. The molecule has 0 saturated heterocycles. The molecular weight excluding hydrogens is 719 g/mol. The zero-order valence-corrected chi connectivity index (χ0v) is 35.4. The van der Waals surface area contributed by atoms with Crippen molar-refractivity contribution < 1.29 is 30.3 Å². The fourth-order valence-electron chi connectivity index (χ4n) is 5.78. The van der Waals surface area contributed by atoms with E-state index in [0.29, 0.717) is 72.5 Å². The van der Waals surface area contributed by atoms with E-state index in [2.05, 4.69) is 78.9 Å². The van der Waals surface area contributed by atoms with Crippen molar-refractivity contribution in [1.82, 2.24) is 0 Å². The molecule has 0 amide bonds. The first-order chi connectivity index (χ1) is 23.3. The van der Waals surface area contributed by atoms with Gasteiger partial charge in [-0.1, -0.05) is 72.9 Å². The lowest BCUT2D eigenvalue weighted by molar-refractivity contribution is 0.234. The van der Waals surface area contributed by atoms with Crippen LogP contribution in [0.2, 0.25) is 72.5 Å². The summed E-state index contributed by atoms with van der Waals surface area (Å²) in [4.78, 5) is 0. The third-order valence-corrected chi connectivity index (χ3v) is 31.4. The van der Waals surface area contributed by atoms with Crippen molar-refractivity contribution in [2.75, 3.05) is 0 Å². The second-order valence-corrected chi connectivity index (χ2v) is 31.7. The van der Waals surface area contributed by atoms with Crippen molar-refractivity contribution in [2.45, 2.75) is 72.5 Å². The molecule has 0 aliphatic heterocycles. The summed E-state index contributed by atoms with van der Waals surface area (Å²) in [5.74, 6) is 0. The number of hydrogen-bond donors (Lipinski definition) is 0. The summed E-state index contributed by atoms with van der Waals surface area (Å²) in [7, 11) is -22.2. The Labute approximate surface area is 302 Å². The summed E-state index contributed by atoms with van der Waals surface area (Å²) in [6.45, 7) is 47.2. The average molecular weight is 779 g/mol. The van der Waals surface area contributed by atoms with Crippen LogP contribution in [0.15, 0.2) is 152 Å². The molecule has 0 N–H and O–H groups in total. The molecule has 49 heavy (non-hydrogen) atoms. The highest BCUT2D eigenvalue weighted by molar-refractivity contribution is 7.65. The van der Waals surface area contributed by atoms with Gasteiger partial charge in [-0.05, 0) is 72.5 Å². The normalized spacial score (nSPS) is 12.6. The lowest BCUT2D eigenvalue weighted by Gasteiger charge is -2.41. The first kappa shape index (κ1) is 47.0. The van der Waals surface area contributed by atoms with Crippen molar-refractivity contribution in [3.05, 3.63) is 152 Å². The molecule has 0 aromatic heterocycles. The summed E-state index contributed by atoms with van der Waals surface area (Å²) >= 11 is 0. The summed E-state index contributed by atoms with van der Waals surface area (Å²) in [5, 5.41) is 0. The Morgan fingerprint density at radius 2 is 0.429 bits per heavy atom. The molecule has 272 valence electrons. The maximum absolute atomic E-state index is 15.6. The van der Waals surface area contributed by atoms with Crippen LogP contribution in [0.5, 0.6) is 0 Å². The number of rotatable bonds is 34. The predicted octanol–water partition coefficient (Wildman–Crippen LogP) is 13.3. The van der Waals surface area contributed by atoms with Crippen LogP contribution in [0, 0.1) is 0 Å². The Morgan fingerprint density at radius 3 is 0.531 bits per heavy atom. The Hall–Kier alpha value is -1.99. The van der Waals surface area contributed by atoms with E-state index < -0.39 is 48.9 Å². The summed E-state index contributed by atoms with van der Waals surface area (Å²) < 4.78 is 64.2. The minimum absolute atomic E-state index is 0.358. The summed E-state index contributed by atoms with van der Waals surface area (Å²) in [6, 6.07) is 4.30. The van der Waals surface area contributed by atoms with E-state index in [1.807, 2.05) is 0 Å². The molecule has 0 aliphatic carbocycles. The topological polar surface area (TPSA) is 80.3 Å². The van der Waals surface area contributed by atoms with Crippen molar-refractivity contribution in [2.24, 2.45) is 0 Å². The van der Waals surface area contributed by atoms with Gasteiger partial charge in [0, 0.05) is 0 Å². The molecule has 0 unspecified atom stereocenters. The van der Waals surface area contributed by atoms with Crippen LogP contribution in [0.25, 0.3) is 0 Å². The number of phosphoric acid groups is 2. The Balaban J connectivity index is 8.13. The van der Waals surface area contributed by atoms with Crippen molar-refractivity contribution in [1.29, 1.82) is 0 Å². The quantitative estimate of drug-likeness (QED) is 0.0365. The van der Waals surface area contributed by atoms with E-state index in [9.17, 15) is 0 Å². The first-order valence-corrected chi connectivity index (χ1v) is 29.4. The molecule has 0 aromatic rings. The van der Waals surface area contributed by atoms with Crippen molar-refractivity contribution in [3.8, 4) is 0 Å². The standard InChI is InChI=1S/C36H60O7P2Si4/c1-13-25-46(26-14-2,27-15-3)40-44(37,41-47(28-16-4,29-17-5)30-18-6)39-45(38,42-48(31-19-7,32-20-8)33-21-9)43-49(34-22-10,35-23-11)36-24-12/h13-24H,1-12,25-36H2. The van der Waals surface area contributed by atoms with E-state index >= 15 is 9.13 Å². The molecule has 0 bridgehead atoms. The highest BCUT2D eigenvalue weighted by Crippen LogP contribution is 2.71. The molecule has 0 saturated carbocycles. The maximum atomic E-state index is 15.6. The molecule has 0 aliphatic rings. The second-order valence-electron chi connectivity index (χ2n) is 12.0. The van der Waals surface area contributed by atoms with Crippen LogP contribution in [-0.4, -0.2) is 33.3 Å². The zero-order valence-electron chi connectivity index (χ0n) is 29.7. The summed E-state index contributed by atoms with van der Waals surface area (Å²) in [5.41, 5.74) is 0. The molecule has 0 rings (SSSR count). The minimum atomic E-state index is -4.83. The van der Waals surface area contributed by atoms with Crippen LogP contribution in [-0.2, 0) is 30.3 Å². The third-order valence-electron chi connectivity index (χ3n) is 7.62. The zero-order chi connectivity index (χ0) is 37.5. The monoisotopic (exact) mass is 778 g/mol. The van der Waals surface area contributed by atoms with E-state index in [1.54, 1.807) is 72.9 Å². The van der Waals surface area contributed by atoms with Gasteiger partial charge in [0.2, 0.25) is 33.3 Å². The van der Waals surface area contributed by atoms with Crippen LogP contribution in [0.4, 0.5) is 0 Å². The predicted molar refractivity (Wildman–Crippen MR) is 224 cm³/mol. The van der Waals surface area contributed by atoms with Crippen LogP contribution >= 0.6 is 15.6 Å². The molecule has 0 aromatic carbocycles. The molecular formula is C36H60O7P2Si4. The smallest absolute Gasteiger partial charge is 0.329 e. The minimum Gasteiger partial charge on any atom is -0.329 e. The highest BCUT2D eigenvalue weighted by atomic mass is 31.3. The molecule has 0 radical (unpaired) electrons. The lowest BCUT2D eigenvalue weighted by atomic mass is 10.7. The largest absolute Gasteiger partial charge is 0.464 e. The van der Waals surface area contributed by atoms with Crippen LogP contribution < -0.4 is 0 Å². The van der Waals surface area contributed by atoms with E-state index in [0.717, 1.165) is 0 Å². The molecule has 13 heteroatoms. The van der Waals surface area contributed by atoms with Gasteiger partial charge in [0.05, 0.1) is 0 Å². The first-order valence-electron chi connectivity index (χ1n) is 16.3. The van der Waals surface area contributed by atoms with Gasteiger partial charge >= 0.3 is 15.6 Å². The van der Waals surface area contributed by atoms with E-state index in [1.165, 1.54) is 0 Å². The van der Waals surface area contributed by atoms with Gasteiger partial charge < -0.3 is 16.9 Å². The van der Waals surface area contributed by atoms with Crippen molar-refractivity contribution >= 4 is 48.9 Å².